The normalized spacial score (nSPS) is 27.5. The molecule has 40 heteroatoms. The summed E-state index contributed by atoms with van der Waals surface area (Å²) in [6.07, 6.45) is -6.77. The Morgan fingerprint density at radius 3 is 1.26 bits per heavy atom. The van der Waals surface area contributed by atoms with Crippen molar-refractivity contribution in [2.75, 3.05) is 33.5 Å². The standard InChI is InChI=1S/C31H49BO7.C20H25F3O9S.C20H24O5.C17H19F3O10S/c1-18-19(2)25(37-27(34)29(7,8)9)23(17-35-26(33)28(4,5)6)36-24(18)21-15-14-16-22(20(21)3)32-38-30(10,11)31(12,13)39-32;1-10-11(2)19(30-13(4)25)17(9-29-12(3)24)31-18(10)14-6-7-15(28-5)16(8-14)32-33(26,27)20(21,22)23;1-6-16-8-7-9-17(10-16)19-12(2)13(3)20(24-15(5)22)18(25-19)11-23-14(4)21;1-8(21)27-7-12-16(28-9(2)22)14(24)13(23)15(29-12)10-3-5-11(6-4-10)30-31(25,26)17(18,19)20/h14-16,18-19,23-25H,17H2,1-13H3;6-8,10-11,17-19H,9H2,1-5H3;1,7-10,12-13,18-20H,11H2,2-5H3;3-6,12-16,23-24H,7H2,1-2H3/t18-,19+,23+,24-,25-;10-,11+,17+,18?,19-;12-,13+,18+,19-,20-;12-,13+,14-,15?,16-/m0001/s1. The Morgan fingerprint density at radius 2 is 0.836 bits per heavy atom. The number of esters is 8. The first-order valence-electron chi connectivity index (χ1n) is 41.0. The third kappa shape index (κ3) is 27.9. The first-order valence-corrected chi connectivity index (χ1v) is 43.8. The molecule has 0 radical (unpaired) electrons. The molecule has 2 N–H and O–H groups in total. The van der Waals surface area contributed by atoms with Crippen molar-refractivity contribution in [3.05, 3.63) is 118 Å². The van der Waals surface area contributed by atoms with Gasteiger partial charge in [-0.1, -0.05) is 96.0 Å². The van der Waals surface area contributed by atoms with E-state index >= 15 is 0 Å². The monoisotopic (exact) mass is 1860 g/mol. The predicted molar refractivity (Wildman–Crippen MR) is 446 cm³/mol. The van der Waals surface area contributed by atoms with E-state index in [-0.39, 0.29) is 102 Å². The summed E-state index contributed by atoms with van der Waals surface area (Å²) in [6.45, 7) is 39.6. The van der Waals surface area contributed by atoms with Crippen LogP contribution in [0.15, 0.2) is 84.9 Å². The highest BCUT2D eigenvalue weighted by atomic mass is 32.2. The summed E-state index contributed by atoms with van der Waals surface area (Å²) in [7, 11) is -11.2. The van der Waals surface area contributed by atoms with Gasteiger partial charge in [-0.05, 0) is 164 Å². The van der Waals surface area contributed by atoms with Gasteiger partial charge in [-0.2, -0.15) is 43.2 Å². The fourth-order valence-corrected chi connectivity index (χ4v) is 15.2. The Balaban J connectivity index is 0.000000266. The van der Waals surface area contributed by atoms with Gasteiger partial charge < -0.3 is 89.5 Å². The van der Waals surface area contributed by atoms with Crippen LogP contribution >= 0.6 is 0 Å². The summed E-state index contributed by atoms with van der Waals surface area (Å²) >= 11 is 0. The van der Waals surface area contributed by atoms with Crippen LogP contribution in [0, 0.1) is 65.6 Å². The van der Waals surface area contributed by atoms with Crippen molar-refractivity contribution in [3.63, 3.8) is 0 Å². The third-order valence-electron chi connectivity index (χ3n) is 22.6. The molecule has 5 aliphatic rings. The van der Waals surface area contributed by atoms with Crippen molar-refractivity contribution in [2.45, 2.75) is 267 Å². The number of terminal acetylenes is 1. The van der Waals surface area contributed by atoms with Crippen molar-refractivity contribution >= 4 is 80.6 Å². The van der Waals surface area contributed by atoms with Gasteiger partial charge in [0, 0.05) is 64.9 Å². The Bertz CT molecular complexity index is 4790. The van der Waals surface area contributed by atoms with Crippen LogP contribution in [0.5, 0.6) is 17.2 Å². The Kier molecular flexibility index (Phi) is 36.7. The maximum absolute atomic E-state index is 12.9. The quantitative estimate of drug-likeness (QED) is 0.0140. The molecule has 0 saturated carbocycles. The average molecular weight is 1860 g/mol. The molecule has 0 amide bonds. The number of hydrogen-bond donors (Lipinski definition) is 2. The van der Waals surface area contributed by atoms with E-state index in [1.54, 1.807) is 13.8 Å². The molecule has 9 rings (SSSR count). The van der Waals surface area contributed by atoms with Crippen LogP contribution < -0.4 is 18.6 Å². The van der Waals surface area contributed by atoms with Crippen LogP contribution in [0.1, 0.15) is 210 Å². The molecule has 4 aromatic rings. The minimum Gasteiger partial charge on any atom is -0.493 e. The zero-order chi connectivity index (χ0) is 97.0. The number of aliphatic hydroxyl groups excluding tert-OH is 2. The van der Waals surface area contributed by atoms with Gasteiger partial charge in [-0.3, -0.25) is 38.4 Å². The summed E-state index contributed by atoms with van der Waals surface area (Å²) in [6, 6.07) is 21.5. The molecule has 5 saturated heterocycles. The van der Waals surface area contributed by atoms with E-state index in [0.29, 0.717) is 0 Å². The van der Waals surface area contributed by atoms with Gasteiger partial charge in [0.2, 0.25) is 0 Å². The molecule has 0 aromatic heterocycles. The van der Waals surface area contributed by atoms with Gasteiger partial charge in [-0.15, -0.1) is 6.42 Å². The van der Waals surface area contributed by atoms with Crippen molar-refractivity contribution < 1.29 is 171 Å². The lowest BCUT2D eigenvalue weighted by Crippen LogP contribution is -2.57. The first kappa shape index (κ1) is 108. The van der Waals surface area contributed by atoms with Crippen LogP contribution in [0.25, 0.3) is 0 Å². The highest BCUT2D eigenvalue weighted by molar-refractivity contribution is 7.88. The number of rotatable bonds is 22. The van der Waals surface area contributed by atoms with E-state index in [1.807, 2.05) is 113 Å². The fourth-order valence-electron chi connectivity index (χ4n) is 14.3. The van der Waals surface area contributed by atoms with Gasteiger partial charge in [-0.25, -0.2) is 0 Å². The zero-order valence-corrected chi connectivity index (χ0v) is 77.6. The second-order valence-corrected chi connectivity index (χ2v) is 38.1. The van der Waals surface area contributed by atoms with Gasteiger partial charge in [0.25, 0.3) is 0 Å². The van der Waals surface area contributed by atoms with E-state index < -0.39 is 182 Å². The van der Waals surface area contributed by atoms with Crippen LogP contribution in [-0.2, 0) is 125 Å². The molecule has 20 atom stereocenters. The summed E-state index contributed by atoms with van der Waals surface area (Å²) in [5, 5.41) is 20.8. The van der Waals surface area contributed by atoms with E-state index in [2.05, 4.69) is 48.0 Å². The fraction of sp³-hybridized carbons (Fsp3) is 0.614. The molecule has 712 valence electrons. The molecule has 31 nitrogen and oxygen atoms in total. The summed E-state index contributed by atoms with van der Waals surface area (Å²) in [5.41, 5.74) is -8.30. The van der Waals surface area contributed by atoms with Crippen LogP contribution in [0.4, 0.5) is 26.3 Å². The van der Waals surface area contributed by atoms with E-state index in [1.165, 1.54) is 39.8 Å². The molecule has 0 aliphatic carbocycles. The number of methoxy groups -OCH3 is 1. The lowest BCUT2D eigenvalue weighted by molar-refractivity contribution is -0.242. The number of hydrogen-bond acceptors (Lipinski definition) is 31. The minimum absolute atomic E-state index is 0.00170. The average Bonchev–Trinajstić information content (AvgIpc) is 1.03. The molecule has 4 aromatic carbocycles. The van der Waals surface area contributed by atoms with Crippen molar-refractivity contribution in [1.29, 1.82) is 0 Å². The predicted octanol–water partition coefficient (Wildman–Crippen LogP) is 12.1. The Morgan fingerprint density at radius 1 is 0.453 bits per heavy atom. The van der Waals surface area contributed by atoms with E-state index in [9.17, 15) is 91.7 Å². The van der Waals surface area contributed by atoms with Gasteiger partial charge >= 0.3 is 86.1 Å². The molecule has 0 bridgehead atoms. The van der Waals surface area contributed by atoms with Crippen LogP contribution in [-0.4, -0.2) is 199 Å². The Labute approximate surface area is 742 Å². The largest absolute Gasteiger partial charge is 0.534 e. The molecule has 128 heavy (non-hydrogen) atoms. The molecular formula is C88H117BF6O31S2. The second kappa shape index (κ2) is 43.7. The maximum atomic E-state index is 12.9. The number of ether oxygens (including phenoxy) is 13. The van der Waals surface area contributed by atoms with Crippen molar-refractivity contribution in [3.8, 4) is 29.6 Å². The Hall–Kier alpha value is -9.18. The van der Waals surface area contributed by atoms with Crippen LogP contribution in [0.3, 0.4) is 0 Å². The molecule has 5 aliphatic heterocycles. The van der Waals surface area contributed by atoms with E-state index in [4.69, 9.17) is 77.3 Å². The molecule has 5 fully saturated rings. The maximum Gasteiger partial charge on any atom is 0.534 e. The smallest absolute Gasteiger partial charge is 0.493 e. The number of benzene rings is 4. The second-order valence-electron chi connectivity index (χ2n) is 35.0. The van der Waals surface area contributed by atoms with Gasteiger partial charge in [0.05, 0.1) is 47.5 Å². The minimum atomic E-state index is -5.94. The van der Waals surface area contributed by atoms with Gasteiger partial charge in [0.15, 0.2) is 17.6 Å². The summed E-state index contributed by atoms with van der Waals surface area (Å²) in [4.78, 5) is 93.4. The first-order chi connectivity index (χ1) is 58.9. The number of halogens is 6. The summed E-state index contributed by atoms with van der Waals surface area (Å²) in [5.74, 6) is -3.56. The van der Waals surface area contributed by atoms with Gasteiger partial charge in [0.1, 0.15) is 93.2 Å². The third-order valence-corrected chi connectivity index (χ3v) is 24.6. The van der Waals surface area contributed by atoms with Crippen molar-refractivity contribution in [1.82, 2.24) is 0 Å². The lowest BCUT2D eigenvalue weighted by atomic mass is 9.72. The number of carbonyl (C=O) groups excluding carboxylic acids is 8. The highest BCUT2D eigenvalue weighted by Gasteiger charge is 2.56. The molecule has 2 unspecified atom stereocenters. The zero-order valence-electron chi connectivity index (χ0n) is 75.9. The van der Waals surface area contributed by atoms with Crippen molar-refractivity contribution in [2.24, 2.45) is 46.3 Å². The molecular weight excluding hydrogens is 1740 g/mol. The number of aliphatic hydroxyl groups is 2. The van der Waals surface area contributed by atoms with E-state index in [0.717, 1.165) is 79.0 Å². The lowest BCUT2D eigenvalue weighted by Gasteiger charge is -2.45. The van der Waals surface area contributed by atoms with Crippen LogP contribution in [0.2, 0.25) is 0 Å². The number of carbonyl (C=O) groups is 8. The summed E-state index contributed by atoms with van der Waals surface area (Å²) < 4.78 is 214. The molecule has 0 spiro atoms. The molecule has 5 heterocycles. The highest BCUT2D eigenvalue weighted by Crippen LogP contribution is 2.48. The number of alkyl halides is 6. The topological polar surface area (TPSA) is 402 Å². The SMILES string of the molecule is C#Cc1cccc([C@H]2O[C@H](COC(C)=O)[C@@H](OC(C)=O)[C@H](C)[C@@H]2C)c1.CC(=O)OC[C@H]1OC(c2ccc(OS(=O)(=O)C(F)(F)F)cc2)[C@@H](O)[C@@H](O)[C@@H]1OC(C)=O.COc1ccc(C2O[C@H](COC(C)=O)[C@@H](OC(C)=O)[C@H](C)[C@@H]2C)cc1OS(=O)(=O)C(F)(F)F.Cc1c(B2OC(C)(C)C(C)(C)O2)cccc1[C@H]1O[C@H](COC(=O)C(C)(C)C)[C@@H](OC(=O)C(C)(C)C)[C@H](C)[C@@H]1C.